The first kappa shape index (κ1) is 33.7. The third kappa shape index (κ3) is 6.22. The highest BCUT2D eigenvalue weighted by Crippen LogP contribution is 2.44. The van der Waals surface area contributed by atoms with Gasteiger partial charge in [0.05, 0.1) is 16.8 Å². The average Bonchev–Trinajstić information content (AvgIpc) is 3.05. The third-order valence-corrected chi connectivity index (χ3v) is 11.5. The minimum absolute atomic E-state index is 0.0241. The van der Waals surface area contributed by atoms with E-state index >= 15 is 0 Å². The van der Waals surface area contributed by atoms with E-state index in [0.29, 0.717) is 39.8 Å². The van der Waals surface area contributed by atoms with Crippen molar-refractivity contribution in [1.82, 2.24) is 4.31 Å². The molecule has 1 unspecified atom stereocenters. The molecule has 0 saturated heterocycles. The fraction of sp³-hybridized carbons (Fsp3) is 0.303. The van der Waals surface area contributed by atoms with Crippen molar-refractivity contribution in [2.45, 2.75) is 50.5 Å². The Kier molecular flexibility index (Phi) is 8.95. The smallest absolute Gasteiger partial charge is 0.425 e. The molecule has 1 amide bonds. The zero-order chi connectivity index (χ0) is 34.3. The summed E-state index contributed by atoms with van der Waals surface area (Å²) in [6.07, 6.45) is 0.0475. The Labute approximate surface area is 274 Å². The predicted molar refractivity (Wildman–Crippen MR) is 179 cm³/mol. The number of Topliss-reactive ketones (excluding diaryl/α,β-unsaturated/α-hetero) is 1. The number of nitrogens with one attached hydrogen (secondary N) is 1. The summed E-state index contributed by atoms with van der Waals surface area (Å²) in [5.41, 5.74) is 0.368. The highest BCUT2D eigenvalue weighted by molar-refractivity contribution is 7.91. The van der Waals surface area contributed by atoms with E-state index in [1.54, 1.807) is 61.5 Å². The maximum atomic E-state index is 14.1. The highest BCUT2D eigenvalue weighted by Gasteiger charge is 2.46. The van der Waals surface area contributed by atoms with E-state index in [9.17, 15) is 31.5 Å². The normalized spacial score (nSPS) is 18.5. The molecule has 2 aliphatic rings. The topological polar surface area (TPSA) is 163 Å². The van der Waals surface area contributed by atoms with E-state index in [1.807, 2.05) is 13.8 Å². The van der Waals surface area contributed by atoms with Crippen LogP contribution in [0.15, 0.2) is 87.7 Å². The molecule has 0 radical (unpaired) electrons. The summed E-state index contributed by atoms with van der Waals surface area (Å²) >= 11 is 0. The summed E-state index contributed by atoms with van der Waals surface area (Å²) in [6.45, 7) is 5.72. The van der Waals surface area contributed by atoms with Crippen molar-refractivity contribution < 1.29 is 36.3 Å². The molecule has 3 aromatic carbocycles. The molecule has 0 bridgehead atoms. The van der Waals surface area contributed by atoms with Crippen LogP contribution in [0.25, 0.3) is 5.76 Å². The summed E-state index contributed by atoms with van der Waals surface area (Å²) in [4.78, 5) is 26.3. The molecule has 14 heteroatoms. The molecule has 1 atom stereocenters. The van der Waals surface area contributed by atoms with Gasteiger partial charge in [-0.3, -0.25) is 9.10 Å². The van der Waals surface area contributed by atoms with E-state index < -0.39 is 37.5 Å². The van der Waals surface area contributed by atoms with Crippen molar-refractivity contribution >= 4 is 55.1 Å². The van der Waals surface area contributed by atoms with Gasteiger partial charge < -0.3 is 15.2 Å². The Hall–Kier alpha value is -4.69. The summed E-state index contributed by atoms with van der Waals surface area (Å²) < 4.78 is 63.9. The van der Waals surface area contributed by atoms with Crippen molar-refractivity contribution in [2.75, 3.05) is 23.7 Å². The van der Waals surface area contributed by atoms with Crippen LogP contribution in [-0.2, 0) is 41.8 Å². The Morgan fingerprint density at radius 1 is 1.04 bits per heavy atom. The van der Waals surface area contributed by atoms with Crippen LogP contribution in [0.5, 0.6) is 0 Å². The van der Waals surface area contributed by atoms with Crippen LogP contribution < -0.4 is 9.62 Å². The van der Waals surface area contributed by atoms with Gasteiger partial charge in [0.2, 0.25) is 0 Å². The van der Waals surface area contributed by atoms with Crippen LogP contribution in [0.3, 0.4) is 0 Å². The van der Waals surface area contributed by atoms with Crippen molar-refractivity contribution in [3.8, 4) is 0 Å². The molecular formula is C33H36N4O8S2. The molecule has 0 saturated carbocycles. The number of ether oxygens (including phenoxy) is 1. The quantitative estimate of drug-likeness (QED) is 0.302. The number of benzene rings is 3. The van der Waals surface area contributed by atoms with Crippen LogP contribution in [-0.4, -0.2) is 58.1 Å². The molecule has 1 heterocycles. The van der Waals surface area contributed by atoms with Gasteiger partial charge in [0.25, 0.3) is 10.0 Å². The zero-order valence-corrected chi connectivity index (χ0v) is 28.2. The third-order valence-electron chi connectivity index (χ3n) is 8.43. The first-order valence-electron chi connectivity index (χ1n) is 14.9. The molecule has 3 aromatic rings. The molecular weight excluding hydrogens is 645 g/mol. The number of anilines is 2. The van der Waals surface area contributed by atoms with Gasteiger partial charge in [0, 0.05) is 19.7 Å². The van der Waals surface area contributed by atoms with E-state index in [4.69, 9.17) is 4.74 Å². The first-order chi connectivity index (χ1) is 22.1. The van der Waals surface area contributed by atoms with Gasteiger partial charge in [-0.15, -0.1) is 4.40 Å². The molecule has 2 N–H and O–H groups in total. The molecule has 1 aliphatic carbocycles. The molecule has 47 heavy (non-hydrogen) atoms. The number of hydrogen-bond donors (Lipinski definition) is 2. The number of hydrogen-bond acceptors (Lipinski definition) is 9. The number of carbonyl (C=O) groups excluding carboxylic acids is 2. The van der Waals surface area contributed by atoms with E-state index in [0.717, 1.165) is 24.5 Å². The van der Waals surface area contributed by atoms with Crippen LogP contribution in [0.2, 0.25) is 0 Å². The molecule has 5 rings (SSSR count). The van der Waals surface area contributed by atoms with Gasteiger partial charge in [0.15, 0.2) is 11.6 Å². The molecule has 0 spiro atoms. The number of rotatable bonds is 9. The minimum Gasteiger partial charge on any atom is -0.506 e. The summed E-state index contributed by atoms with van der Waals surface area (Å²) in [5, 5.41) is 14.2. The maximum absolute atomic E-state index is 14.1. The average molecular weight is 681 g/mol. The van der Waals surface area contributed by atoms with E-state index in [1.165, 1.54) is 12.1 Å². The molecule has 248 valence electrons. The van der Waals surface area contributed by atoms with E-state index in [2.05, 4.69) is 9.71 Å². The Balaban J connectivity index is 1.44. The molecule has 0 fully saturated rings. The summed E-state index contributed by atoms with van der Waals surface area (Å²) in [6, 6.07) is 19.5. The molecule has 1 aliphatic heterocycles. The van der Waals surface area contributed by atoms with Crippen LogP contribution >= 0.6 is 0 Å². The number of ketones is 1. The summed E-state index contributed by atoms with van der Waals surface area (Å²) in [5.74, 6) is -0.894. The lowest BCUT2D eigenvalue weighted by Gasteiger charge is -2.36. The fourth-order valence-corrected chi connectivity index (χ4v) is 7.66. The second kappa shape index (κ2) is 12.5. The van der Waals surface area contributed by atoms with Crippen molar-refractivity contribution in [2.24, 2.45) is 10.3 Å². The van der Waals surface area contributed by atoms with Crippen LogP contribution in [0, 0.1) is 5.92 Å². The number of amidine groups is 1. The summed E-state index contributed by atoms with van der Waals surface area (Å²) in [7, 11) is -6.81. The Bertz CT molecular complexity index is 2030. The maximum Gasteiger partial charge on any atom is 0.425 e. The first-order valence-corrected chi connectivity index (χ1v) is 17.7. The highest BCUT2D eigenvalue weighted by atomic mass is 32.2. The van der Waals surface area contributed by atoms with Gasteiger partial charge in [-0.2, -0.15) is 21.1 Å². The zero-order valence-electron chi connectivity index (χ0n) is 26.6. The van der Waals surface area contributed by atoms with Crippen LogP contribution in [0.4, 0.5) is 16.2 Å². The van der Waals surface area contributed by atoms with Gasteiger partial charge in [-0.25, -0.2) is 4.79 Å². The monoisotopic (exact) mass is 680 g/mol. The number of carbonyl (C=O) groups is 2. The predicted octanol–water partition coefficient (Wildman–Crippen LogP) is 5.39. The lowest BCUT2D eigenvalue weighted by atomic mass is 9.66. The minimum atomic E-state index is -4.50. The SMILES string of the molecule is CC(C)CCC1(C)C(=O)C(C2=NS(=O)(=O)c3cc(N(C)S(=O)(=O)N(C)C(=O)OCc4ccccc4)ccc3N2)=C(O)c2ccccc21. The largest absolute Gasteiger partial charge is 0.506 e. The number of amides is 1. The van der Waals surface area contributed by atoms with E-state index in [-0.39, 0.29) is 40.0 Å². The lowest BCUT2D eigenvalue weighted by Crippen LogP contribution is -2.43. The second-order valence-electron chi connectivity index (χ2n) is 12.1. The second-order valence-corrected chi connectivity index (χ2v) is 15.6. The van der Waals surface area contributed by atoms with Gasteiger partial charge in [-0.05, 0) is 55.0 Å². The number of sulfonamides is 1. The fourth-order valence-electron chi connectivity index (χ4n) is 5.53. The molecule has 0 aromatic heterocycles. The molecule has 12 nitrogen and oxygen atoms in total. The lowest BCUT2D eigenvalue weighted by molar-refractivity contribution is -0.120. The number of aliphatic hydroxyl groups is 1. The Morgan fingerprint density at radius 2 is 1.70 bits per heavy atom. The van der Waals surface area contributed by atoms with Gasteiger partial charge in [0.1, 0.15) is 22.8 Å². The number of nitrogens with zero attached hydrogens (tertiary/aromatic N) is 3. The number of fused-ring (bicyclic) bond motifs is 2. The van der Waals surface area contributed by atoms with Crippen molar-refractivity contribution in [3.05, 3.63) is 95.1 Å². The van der Waals surface area contributed by atoms with Crippen molar-refractivity contribution in [1.29, 1.82) is 0 Å². The van der Waals surface area contributed by atoms with Crippen molar-refractivity contribution in [3.63, 3.8) is 0 Å². The number of aliphatic hydroxyl groups excluding tert-OH is 1. The Morgan fingerprint density at radius 3 is 2.38 bits per heavy atom. The standard InChI is InChI=1S/C33H36N4O8S2/c1-21(2)17-18-33(3)25-14-10-9-13-24(25)29(38)28(30(33)39)31-34-26-16-15-23(19-27(26)46(41,42)35-31)36(4)47(43,44)37(5)32(40)45-20-22-11-7-6-8-12-22/h6-16,19,21,38H,17-18,20H2,1-5H3,(H,34,35). The van der Waals surface area contributed by atoms with Crippen LogP contribution in [0.1, 0.15) is 50.3 Å². The van der Waals surface area contributed by atoms with Gasteiger partial charge >= 0.3 is 16.3 Å². The van der Waals surface area contributed by atoms with Gasteiger partial charge in [-0.1, -0.05) is 68.4 Å².